The normalized spacial score (nSPS) is 9.95. The molecule has 0 aliphatic rings. The fraction of sp³-hybridized carbons (Fsp3) is 0.267. The van der Waals surface area contributed by atoms with E-state index in [0.717, 1.165) is 10.8 Å². The monoisotopic (exact) mass is 301 g/mol. The van der Waals surface area contributed by atoms with Crippen molar-refractivity contribution in [2.45, 2.75) is 13.3 Å². The second kappa shape index (κ2) is 6.86. The van der Waals surface area contributed by atoms with E-state index in [9.17, 15) is 4.79 Å². The maximum atomic E-state index is 11.4. The zero-order valence-corrected chi connectivity index (χ0v) is 12.7. The molecular weight excluding hydrogens is 286 g/mol. The van der Waals surface area contributed by atoms with Crippen molar-refractivity contribution >= 4 is 28.1 Å². The number of nitrogens with zero attached hydrogens (tertiary/aromatic N) is 3. The van der Waals surface area contributed by atoms with Crippen molar-refractivity contribution in [3.8, 4) is 6.07 Å². The molecule has 2 aromatic rings. The molecule has 21 heavy (non-hydrogen) atoms. The standard InChI is InChI=1S/C15H15N3O2S/c1-3-20-14(19)8-12-10-21-15(17-12)18(2)13-7-5-4-6-11(13)9-16/h4-7,10H,3,8H2,1-2H3. The summed E-state index contributed by atoms with van der Waals surface area (Å²) in [5, 5.41) is 11.7. The van der Waals surface area contributed by atoms with Gasteiger partial charge >= 0.3 is 5.97 Å². The fourth-order valence-corrected chi connectivity index (χ4v) is 2.66. The Hall–Kier alpha value is -2.39. The van der Waals surface area contributed by atoms with Crippen LogP contribution in [0.25, 0.3) is 0 Å². The summed E-state index contributed by atoms with van der Waals surface area (Å²) in [5.41, 5.74) is 2.05. The maximum Gasteiger partial charge on any atom is 0.311 e. The Labute approximate surface area is 127 Å². The number of ether oxygens (including phenoxy) is 1. The van der Waals surface area contributed by atoms with Crippen molar-refractivity contribution < 1.29 is 9.53 Å². The van der Waals surface area contributed by atoms with E-state index in [1.54, 1.807) is 13.0 Å². The van der Waals surface area contributed by atoms with Gasteiger partial charge in [-0.15, -0.1) is 11.3 Å². The molecule has 0 spiro atoms. The van der Waals surface area contributed by atoms with Gasteiger partial charge in [-0.05, 0) is 19.1 Å². The molecule has 0 amide bonds. The molecule has 1 heterocycles. The number of aromatic nitrogens is 1. The summed E-state index contributed by atoms with van der Waals surface area (Å²) in [6, 6.07) is 9.49. The SMILES string of the molecule is CCOC(=O)Cc1csc(N(C)c2ccccc2C#N)n1. The summed E-state index contributed by atoms with van der Waals surface area (Å²) >= 11 is 1.43. The van der Waals surface area contributed by atoms with Crippen LogP contribution in [0.4, 0.5) is 10.8 Å². The molecule has 0 saturated heterocycles. The quantitative estimate of drug-likeness (QED) is 0.794. The highest BCUT2D eigenvalue weighted by molar-refractivity contribution is 7.13. The third-order valence-electron chi connectivity index (χ3n) is 2.84. The third-order valence-corrected chi connectivity index (χ3v) is 3.81. The lowest BCUT2D eigenvalue weighted by Gasteiger charge is -2.16. The zero-order chi connectivity index (χ0) is 15.2. The second-order valence-corrected chi connectivity index (χ2v) is 5.13. The van der Waals surface area contributed by atoms with E-state index in [-0.39, 0.29) is 12.4 Å². The molecule has 0 fully saturated rings. The van der Waals surface area contributed by atoms with E-state index >= 15 is 0 Å². The van der Waals surface area contributed by atoms with Crippen LogP contribution in [0, 0.1) is 11.3 Å². The van der Waals surface area contributed by atoms with Crippen molar-refractivity contribution in [2.75, 3.05) is 18.6 Å². The number of hydrogen-bond acceptors (Lipinski definition) is 6. The molecule has 0 N–H and O–H groups in total. The molecule has 5 nitrogen and oxygen atoms in total. The Kier molecular flexibility index (Phi) is 4.90. The summed E-state index contributed by atoms with van der Waals surface area (Å²) in [6.07, 6.45) is 0.165. The molecule has 0 aliphatic carbocycles. The number of anilines is 2. The molecule has 0 bridgehead atoms. The Bertz CT molecular complexity index is 676. The number of carbonyl (C=O) groups is 1. The molecule has 0 saturated carbocycles. The van der Waals surface area contributed by atoms with Gasteiger partial charge in [-0.3, -0.25) is 4.79 Å². The summed E-state index contributed by atoms with van der Waals surface area (Å²) in [4.78, 5) is 17.7. The number of esters is 1. The fourth-order valence-electron chi connectivity index (χ4n) is 1.86. The van der Waals surface area contributed by atoms with Gasteiger partial charge in [0.15, 0.2) is 5.13 Å². The molecule has 0 atom stereocenters. The van der Waals surface area contributed by atoms with Gasteiger partial charge in [0.2, 0.25) is 0 Å². The zero-order valence-electron chi connectivity index (χ0n) is 11.9. The Balaban J connectivity index is 2.17. The number of benzene rings is 1. The van der Waals surface area contributed by atoms with E-state index in [2.05, 4.69) is 11.1 Å². The van der Waals surface area contributed by atoms with Crippen LogP contribution in [-0.4, -0.2) is 24.6 Å². The lowest BCUT2D eigenvalue weighted by molar-refractivity contribution is -0.142. The van der Waals surface area contributed by atoms with Crippen molar-refractivity contribution in [2.24, 2.45) is 0 Å². The molecule has 0 unspecified atom stereocenters. The summed E-state index contributed by atoms with van der Waals surface area (Å²) in [7, 11) is 1.85. The van der Waals surface area contributed by atoms with E-state index in [1.165, 1.54) is 11.3 Å². The van der Waals surface area contributed by atoms with Crippen LogP contribution < -0.4 is 4.90 Å². The highest BCUT2D eigenvalue weighted by Gasteiger charge is 2.14. The van der Waals surface area contributed by atoms with Crippen molar-refractivity contribution in [1.29, 1.82) is 5.26 Å². The largest absolute Gasteiger partial charge is 0.466 e. The predicted octanol–water partition coefficient (Wildman–Crippen LogP) is 2.89. The minimum Gasteiger partial charge on any atom is -0.466 e. The summed E-state index contributed by atoms with van der Waals surface area (Å²) in [6.45, 7) is 2.14. The van der Waals surface area contributed by atoms with E-state index in [0.29, 0.717) is 17.9 Å². The average molecular weight is 301 g/mol. The number of nitriles is 1. The van der Waals surface area contributed by atoms with Crippen LogP contribution >= 0.6 is 11.3 Å². The minimum atomic E-state index is -0.283. The molecule has 0 aliphatic heterocycles. The number of para-hydroxylation sites is 1. The molecule has 2 rings (SSSR count). The highest BCUT2D eigenvalue weighted by Crippen LogP contribution is 2.29. The van der Waals surface area contributed by atoms with Gasteiger partial charge in [-0.2, -0.15) is 5.26 Å². The molecule has 1 aromatic heterocycles. The third kappa shape index (κ3) is 3.58. The first-order chi connectivity index (χ1) is 10.2. The van der Waals surface area contributed by atoms with Gasteiger partial charge in [-0.1, -0.05) is 12.1 Å². The van der Waals surface area contributed by atoms with Crippen molar-refractivity contribution in [1.82, 2.24) is 4.98 Å². The van der Waals surface area contributed by atoms with Gasteiger partial charge in [0, 0.05) is 12.4 Å². The van der Waals surface area contributed by atoms with Gasteiger partial charge in [0.25, 0.3) is 0 Å². The van der Waals surface area contributed by atoms with Gasteiger partial charge in [-0.25, -0.2) is 4.98 Å². The topological polar surface area (TPSA) is 66.2 Å². The number of thiazole rings is 1. The van der Waals surface area contributed by atoms with E-state index in [1.807, 2.05) is 35.5 Å². The number of carbonyl (C=O) groups excluding carboxylic acids is 1. The molecule has 0 radical (unpaired) electrons. The number of rotatable bonds is 5. The first-order valence-corrected chi connectivity index (χ1v) is 7.36. The van der Waals surface area contributed by atoms with Crippen LogP contribution in [0.15, 0.2) is 29.6 Å². The van der Waals surface area contributed by atoms with E-state index in [4.69, 9.17) is 10.00 Å². The summed E-state index contributed by atoms with van der Waals surface area (Å²) in [5.74, 6) is -0.283. The van der Waals surface area contributed by atoms with Crippen molar-refractivity contribution in [3.63, 3.8) is 0 Å². The van der Waals surface area contributed by atoms with Crippen LogP contribution in [-0.2, 0) is 16.0 Å². The molecule has 6 heteroatoms. The smallest absolute Gasteiger partial charge is 0.311 e. The Morgan fingerprint density at radius 1 is 1.48 bits per heavy atom. The van der Waals surface area contributed by atoms with Crippen molar-refractivity contribution in [3.05, 3.63) is 40.9 Å². The van der Waals surface area contributed by atoms with Crippen LogP contribution in [0.2, 0.25) is 0 Å². The maximum absolute atomic E-state index is 11.4. The van der Waals surface area contributed by atoms with Crippen LogP contribution in [0.5, 0.6) is 0 Å². The number of hydrogen-bond donors (Lipinski definition) is 0. The second-order valence-electron chi connectivity index (χ2n) is 4.29. The van der Waals surface area contributed by atoms with Gasteiger partial charge in [0.05, 0.1) is 30.0 Å². The minimum absolute atomic E-state index is 0.165. The predicted molar refractivity (Wildman–Crippen MR) is 81.7 cm³/mol. The molecule has 108 valence electrons. The Morgan fingerprint density at radius 2 is 2.24 bits per heavy atom. The first kappa shape index (κ1) is 15.0. The van der Waals surface area contributed by atoms with Gasteiger partial charge in [0.1, 0.15) is 6.07 Å². The van der Waals surface area contributed by atoms with E-state index < -0.39 is 0 Å². The average Bonchev–Trinajstić information content (AvgIpc) is 2.95. The lowest BCUT2D eigenvalue weighted by Crippen LogP contribution is -2.11. The lowest BCUT2D eigenvalue weighted by atomic mass is 10.2. The van der Waals surface area contributed by atoms with Crippen LogP contribution in [0.3, 0.4) is 0 Å². The molecular formula is C15H15N3O2S. The van der Waals surface area contributed by atoms with Crippen LogP contribution in [0.1, 0.15) is 18.2 Å². The summed E-state index contributed by atoms with van der Waals surface area (Å²) < 4.78 is 4.91. The first-order valence-electron chi connectivity index (χ1n) is 6.48. The highest BCUT2D eigenvalue weighted by atomic mass is 32.1. The van der Waals surface area contributed by atoms with Gasteiger partial charge < -0.3 is 9.64 Å². The molecule has 1 aromatic carbocycles. The Morgan fingerprint density at radius 3 is 2.95 bits per heavy atom.